The van der Waals surface area contributed by atoms with E-state index in [9.17, 15) is 0 Å². The van der Waals surface area contributed by atoms with Gasteiger partial charge in [0.2, 0.25) is 5.89 Å². The minimum Gasteiger partial charge on any atom is -0.375 e. The fourth-order valence-electron chi connectivity index (χ4n) is 2.93. The average molecular weight is 271 g/mol. The van der Waals surface area contributed by atoms with E-state index in [4.69, 9.17) is 9.26 Å². The summed E-state index contributed by atoms with van der Waals surface area (Å²) in [6, 6.07) is 8.44. The van der Waals surface area contributed by atoms with Gasteiger partial charge in [-0.05, 0) is 17.5 Å². The maximum Gasteiger partial charge on any atom is 0.229 e. The van der Waals surface area contributed by atoms with E-state index in [2.05, 4.69) is 39.7 Å². The topological polar surface area (TPSA) is 60.2 Å². The van der Waals surface area contributed by atoms with Gasteiger partial charge in [0.1, 0.15) is 0 Å². The molecule has 1 fully saturated rings. The third-order valence-corrected chi connectivity index (χ3v) is 4.06. The summed E-state index contributed by atoms with van der Waals surface area (Å²) in [4.78, 5) is 4.54. The molecule has 0 spiro atoms. The largest absolute Gasteiger partial charge is 0.375 e. The third-order valence-electron chi connectivity index (χ3n) is 4.06. The molecule has 0 saturated carbocycles. The molecule has 4 rings (SSSR count). The predicted octanol–water partition coefficient (Wildman–Crippen LogP) is 1.29. The van der Waals surface area contributed by atoms with Crippen LogP contribution in [-0.2, 0) is 17.6 Å². The van der Waals surface area contributed by atoms with Gasteiger partial charge < -0.3 is 14.6 Å². The molecule has 104 valence electrons. The highest BCUT2D eigenvalue weighted by atomic mass is 16.5. The highest BCUT2D eigenvalue weighted by Gasteiger charge is 2.31. The average Bonchev–Trinajstić information content (AvgIpc) is 2.89. The second-order valence-corrected chi connectivity index (χ2v) is 5.40. The van der Waals surface area contributed by atoms with Crippen LogP contribution < -0.4 is 5.32 Å². The number of benzene rings is 1. The summed E-state index contributed by atoms with van der Waals surface area (Å²) in [6.07, 6.45) is 1.84. The van der Waals surface area contributed by atoms with Crippen molar-refractivity contribution in [3.63, 3.8) is 0 Å². The zero-order valence-corrected chi connectivity index (χ0v) is 11.2. The Morgan fingerprint density at radius 2 is 2.25 bits per heavy atom. The summed E-state index contributed by atoms with van der Waals surface area (Å²) in [7, 11) is 0. The highest BCUT2D eigenvalue weighted by molar-refractivity contribution is 5.43. The van der Waals surface area contributed by atoms with Crippen LogP contribution in [0, 0.1) is 0 Å². The van der Waals surface area contributed by atoms with Crippen LogP contribution in [0.4, 0.5) is 0 Å². The molecule has 0 bridgehead atoms. The molecule has 2 aliphatic rings. The first-order valence-electron chi connectivity index (χ1n) is 7.13. The van der Waals surface area contributed by atoms with Gasteiger partial charge in [0.15, 0.2) is 5.82 Å². The van der Waals surface area contributed by atoms with Gasteiger partial charge in [0, 0.05) is 13.1 Å². The van der Waals surface area contributed by atoms with Gasteiger partial charge >= 0.3 is 0 Å². The first-order valence-corrected chi connectivity index (χ1v) is 7.13. The van der Waals surface area contributed by atoms with Crippen molar-refractivity contribution in [3.05, 3.63) is 47.1 Å². The predicted molar refractivity (Wildman–Crippen MR) is 72.6 cm³/mol. The van der Waals surface area contributed by atoms with Crippen molar-refractivity contribution in [2.24, 2.45) is 0 Å². The number of morpholine rings is 1. The number of hydrogen-bond donors (Lipinski definition) is 1. The summed E-state index contributed by atoms with van der Waals surface area (Å²) in [5, 5.41) is 7.45. The van der Waals surface area contributed by atoms with Crippen molar-refractivity contribution in [2.45, 2.75) is 24.9 Å². The fourth-order valence-corrected chi connectivity index (χ4v) is 2.93. The Hall–Kier alpha value is -1.72. The van der Waals surface area contributed by atoms with Crippen LogP contribution in [0.3, 0.4) is 0 Å². The molecule has 5 heteroatoms. The summed E-state index contributed by atoms with van der Waals surface area (Å²) in [5.41, 5.74) is 2.72. The molecule has 0 radical (unpaired) electrons. The van der Waals surface area contributed by atoms with E-state index < -0.39 is 0 Å². The molecule has 1 aliphatic heterocycles. The SMILES string of the molecule is c1ccc2c(c1)CC2c1noc(CC2CNCCO2)n1. The standard InChI is InChI=1S/C15H17N3O2/c1-2-4-12-10(3-1)7-13(12)15-17-14(20-18-15)8-11-9-16-5-6-19-11/h1-4,11,13,16H,5-9H2. The van der Waals surface area contributed by atoms with Gasteiger partial charge in [-0.25, -0.2) is 0 Å². The van der Waals surface area contributed by atoms with Gasteiger partial charge in [0.25, 0.3) is 0 Å². The van der Waals surface area contributed by atoms with Crippen LogP contribution in [0.2, 0.25) is 0 Å². The van der Waals surface area contributed by atoms with Crippen LogP contribution >= 0.6 is 0 Å². The molecule has 1 aliphatic carbocycles. The lowest BCUT2D eigenvalue weighted by molar-refractivity contribution is 0.0246. The Kier molecular flexibility index (Phi) is 3.01. The van der Waals surface area contributed by atoms with Crippen molar-refractivity contribution in [1.82, 2.24) is 15.5 Å². The van der Waals surface area contributed by atoms with E-state index in [1.165, 1.54) is 11.1 Å². The monoisotopic (exact) mass is 271 g/mol. The van der Waals surface area contributed by atoms with Gasteiger partial charge in [0.05, 0.1) is 25.0 Å². The van der Waals surface area contributed by atoms with E-state index in [1.54, 1.807) is 0 Å². The van der Waals surface area contributed by atoms with E-state index in [1.807, 2.05) is 0 Å². The molecular formula is C15H17N3O2. The number of nitrogens with one attached hydrogen (secondary N) is 1. The van der Waals surface area contributed by atoms with Crippen molar-refractivity contribution < 1.29 is 9.26 Å². The second kappa shape index (κ2) is 5.00. The lowest BCUT2D eigenvalue weighted by Gasteiger charge is -2.27. The summed E-state index contributed by atoms with van der Waals surface area (Å²) in [5.74, 6) is 1.79. The van der Waals surface area contributed by atoms with Crippen molar-refractivity contribution in [2.75, 3.05) is 19.7 Å². The molecule has 2 heterocycles. The first-order chi connectivity index (χ1) is 9.90. The Labute approximate surface area is 117 Å². The molecule has 2 unspecified atom stereocenters. The summed E-state index contributed by atoms with van der Waals surface area (Å²) in [6.45, 7) is 2.52. The van der Waals surface area contributed by atoms with Gasteiger partial charge in [-0.15, -0.1) is 0 Å². The molecule has 1 saturated heterocycles. The molecule has 20 heavy (non-hydrogen) atoms. The molecule has 2 atom stereocenters. The Balaban J connectivity index is 1.46. The number of hydrogen-bond acceptors (Lipinski definition) is 5. The zero-order chi connectivity index (χ0) is 13.4. The number of fused-ring (bicyclic) bond motifs is 1. The van der Waals surface area contributed by atoms with Gasteiger partial charge in [-0.1, -0.05) is 29.4 Å². The van der Waals surface area contributed by atoms with E-state index in [0.717, 1.165) is 31.9 Å². The lowest BCUT2D eigenvalue weighted by atomic mass is 9.77. The minimum absolute atomic E-state index is 0.144. The number of rotatable bonds is 3. The molecule has 0 amide bonds. The first kappa shape index (κ1) is 12.1. The molecule has 1 aromatic heterocycles. The molecule has 1 N–H and O–H groups in total. The van der Waals surface area contributed by atoms with E-state index in [-0.39, 0.29) is 6.10 Å². The van der Waals surface area contributed by atoms with E-state index in [0.29, 0.717) is 18.2 Å². The quantitative estimate of drug-likeness (QED) is 0.911. The minimum atomic E-state index is 0.144. The third kappa shape index (κ3) is 2.13. The summed E-state index contributed by atoms with van der Waals surface area (Å²) < 4.78 is 11.0. The smallest absolute Gasteiger partial charge is 0.229 e. The number of ether oxygens (including phenoxy) is 1. The van der Waals surface area contributed by atoms with Crippen molar-refractivity contribution >= 4 is 0 Å². The number of aromatic nitrogens is 2. The van der Waals surface area contributed by atoms with Crippen molar-refractivity contribution in [1.29, 1.82) is 0 Å². The molecular weight excluding hydrogens is 254 g/mol. The van der Waals surface area contributed by atoms with Crippen LogP contribution in [0.1, 0.15) is 28.8 Å². The maximum atomic E-state index is 5.66. The van der Waals surface area contributed by atoms with Gasteiger partial charge in [-0.3, -0.25) is 0 Å². The molecule has 2 aromatic rings. The molecule has 1 aromatic carbocycles. The normalized spacial score (nSPS) is 25.0. The Bertz CT molecular complexity index is 605. The van der Waals surface area contributed by atoms with Crippen LogP contribution in [0.5, 0.6) is 0 Å². The van der Waals surface area contributed by atoms with Gasteiger partial charge in [-0.2, -0.15) is 4.98 Å². The molecule has 5 nitrogen and oxygen atoms in total. The zero-order valence-electron chi connectivity index (χ0n) is 11.2. The Morgan fingerprint density at radius 1 is 1.30 bits per heavy atom. The summed E-state index contributed by atoms with van der Waals surface area (Å²) >= 11 is 0. The fraction of sp³-hybridized carbons (Fsp3) is 0.467. The lowest BCUT2D eigenvalue weighted by Crippen LogP contribution is -2.39. The van der Waals surface area contributed by atoms with Crippen LogP contribution in [0.15, 0.2) is 28.8 Å². The second-order valence-electron chi connectivity index (χ2n) is 5.40. The number of nitrogens with zero attached hydrogens (tertiary/aromatic N) is 2. The maximum absolute atomic E-state index is 5.66. The van der Waals surface area contributed by atoms with Crippen LogP contribution in [-0.4, -0.2) is 35.9 Å². The van der Waals surface area contributed by atoms with Crippen molar-refractivity contribution in [3.8, 4) is 0 Å². The highest BCUT2D eigenvalue weighted by Crippen LogP contribution is 2.38. The van der Waals surface area contributed by atoms with Crippen LogP contribution in [0.25, 0.3) is 0 Å². The Morgan fingerprint density at radius 3 is 3.10 bits per heavy atom. The van der Waals surface area contributed by atoms with E-state index >= 15 is 0 Å².